The van der Waals surface area contributed by atoms with Gasteiger partial charge in [0.05, 0.1) is 36.5 Å². The number of nitrogens with one attached hydrogen (secondary N) is 1. The van der Waals surface area contributed by atoms with Crippen LogP contribution in [0.2, 0.25) is 0 Å². The molecule has 2 aliphatic heterocycles. The molecule has 1 saturated heterocycles. The van der Waals surface area contributed by atoms with Crippen LogP contribution < -0.4 is 15.0 Å². The van der Waals surface area contributed by atoms with Crippen LogP contribution >= 0.6 is 0 Å². The second-order valence-corrected chi connectivity index (χ2v) is 9.14. The minimum atomic E-state index is -3.82. The average Bonchev–Trinajstić information content (AvgIpc) is 2.77. The smallest absolute Gasteiger partial charge is 0.263 e. The summed E-state index contributed by atoms with van der Waals surface area (Å²) in [7, 11) is -2.43. The molecular weight excluding hydrogens is 424 g/mol. The van der Waals surface area contributed by atoms with Crippen LogP contribution in [0.4, 0.5) is 11.5 Å². The number of carbonyl (C=O) groups is 2. The van der Waals surface area contributed by atoms with Crippen LogP contribution in [0.5, 0.6) is 5.75 Å². The van der Waals surface area contributed by atoms with Gasteiger partial charge < -0.3 is 14.8 Å². The van der Waals surface area contributed by atoms with Crippen molar-refractivity contribution in [3.05, 3.63) is 41.6 Å². The van der Waals surface area contributed by atoms with Gasteiger partial charge in [-0.2, -0.15) is 4.31 Å². The number of amides is 2. The van der Waals surface area contributed by atoms with Crippen molar-refractivity contribution in [1.29, 1.82) is 0 Å². The number of hydrogen-bond acceptors (Lipinski definition) is 7. The van der Waals surface area contributed by atoms with Crippen LogP contribution in [0, 0.1) is 6.92 Å². The standard InChI is InChI=1S/C20H22N4O6S/c1-13-9-16-19(21-11-13)24(12-18(25)22-16)20(26)15-10-14(3-4-17(15)29-2)31(27,28)23-5-7-30-8-6-23/h3-4,9-11H,5-8,12H2,1-2H3,(H,22,25). The molecule has 0 unspecified atom stereocenters. The van der Waals surface area contributed by atoms with Gasteiger partial charge in [-0.15, -0.1) is 0 Å². The summed E-state index contributed by atoms with van der Waals surface area (Å²) < 4.78 is 38.0. The van der Waals surface area contributed by atoms with E-state index in [9.17, 15) is 18.0 Å². The molecule has 0 saturated carbocycles. The number of rotatable bonds is 4. The van der Waals surface area contributed by atoms with E-state index >= 15 is 0 Å². The van der Waals surface area contributed by atoms with Crippen LogP contribution in [0.25, 0.3) is 0 Å². The Morgan fingerprint density at radius 1 is 1.23 bits per heavy atom. The number of methoxy groups -OCH3 is 1. The second kappa shape index (κ2) is 8.25. The molecule has 31 heavy (non-hydrogen) atoms. The quantitative estimate of drug-likeness (QED) is 0.745. The van der Waals surface area contributed by atoms with Crippen molar-refractivity contribution in [2.24, 2.45) is 0 Å². The van der Waals surface area contributed by atoms with Crippen LogP contribution in [-0.4, -0.2) is 69.5 Å². The van der Waals surface area contributed by atoms with Crippen molar-refractivity contribution in [1.82, 2.24) is 9.29 Å². The molecular formula is C20H22N4O6S. The van der Waals surface area contributed by atoms with Gasteiger partial charge in [-0.25, -0.2) is 13.4 Å². The summed E-state index contributed by atoms with van der Waals surface area (Å²) in [6.07, 6.45) is 1.59. The van der Waals surface area contributed by atoms with Gasteiger partial charge in [0.1, 0.15) is 12.3 Å². The van der Waals surface area contributed by atoms with Crippen molar-refractivity contribution < 1.29 is 27.5 Å². The van der Waals surface area contributed by atoms with Crippen molar-refractivity contribution >= 4 is 33.3 Å². The molecule has 3 heterocycles. The van der Waals surface area contributed by atoms with Crippen molar-refractivity contribution in [3.8, 4) is 5.75 Å². The number of sulfonamides is 1. The lowest BCUT2D eigenvalue weighted by Crippen LogP contribution is -2.43. The van der Waals surface area contributed by atoms with E-state index in [1.807, 2.05) is 6.92 Å². The maximum absolute atomic E-state index is 13.4. The molecule has 0 radical (unpaired) electrons. The number of hydrogen-bond donors (Lipinski definition) is 1. The first-order valence-electron chi connectivity index (χ1n) is 9.65. The van der Waals surface area contributed by atoms with Crippen LogP contribution in [0.3, 0.4) is 0 Å². The third kappa shape index (κ3) is 3.99. The molecule has 4 rings (SSSR count). The molecule has 0 spiro atoms. The summed E-state index contributed by atoms with van der Waals surface area (Å²) in [5, 5.41) is 2.70. The van der Waals surface area contributed by atoms with Gasteiger partial charge in [0, 0.05) is 19.3 Å². The Balaban J connectivity index is 1.75. The molecule has 11 heteroatoms. The third-order valence-electron chi connectivity index (χ3n) is 5.09. The number of pyridine rings is 1. The summed E-state index contributed by atoms with van der Waals surface area (Å²) in [6.45, 7) is 2.67. The highest BCUT2D eigenvalue weighted by molar-refractivity contribution is 7.89. The Morgan fingerprint density at radius 2 is 1.97 bits per heavy atom. The summed E-state index contributed by atoms with van der Waals surface area (Å²) in [5.41, 5.74) is 1.27. The number of anilines is 2. The molecule has 1 N–H and O–H groups in total. The van der Waals surface area contributed by atoms with E-state index in [0.717, 1.165) is 5.56 Å². The van der Waals surface area contributed by atoms with Gasteiger partial charge in [-0.1, -0.05) is 0 Å². The van der Waals surface area contributed by atoms with Crippen molar-refractivity contribution in [2.45, 2.75) is 11.8 Å². The largest absolute Gasteiger partial charge is 0.496 e. The first-order valence-corrected chi connectivity index (χ1v) is 11.1. The molecule has 2 aromatic rings. The van der Waals surface area contributed by atoms with E-state index in [0.29, 0.717) is 24.7 Å². The Bertz CT molecular complexity index is 1140. The van der Waals surface area contributed by atoms with E-state index in [2.05, 4.69) is 10.3 Å². The SMILES string of the molecule is COc1ccc(S(=O)(=O)N2CCOCC2)cc1C(=O)N1CC(=O)Nc2cc(C)cnc21. The van der Waals surface area contributed by atoms with Gasteiger partial charge in [0.2, 0.25) is 15.9 Å². The van der Waals surface area contributed by atoms with E-state index in [4.69, 9.17) is 9.47 Å². The molecule has 1 aromatic carbocycles. The maximum atomic E-state index is 13.4. The maximum Gasteiger partial charge on any atom is 0.263 e. The predicted octanol–water partition coefficient (Wildman–Crippen LogP) is 1.02. The molecule has 2 amide bonds. The molecule has 2 aliphatic rings. The number of aromatic nitrogens is 1. The van der Waals surface area contributed by atoms with Crippen LogP contribution in [-0.2, 0) is 19.6 Å². The first kappa shape index (κ1) is 21.2. The topological polar surface area (TPSA) is 118 Å². The van der Waals surface area contributed by atoms with Gasteiger partial charge in [-0.3, -0.25) is 14.5 Å². The number of aryl methyl sites for hydroxylation is 1. The van der Waals surface area contributed by atoms with Crippen molar-refractivity contribution in [3.63, 3.8) is 0 Å². The fraction of sp³-hybridized carbons (Fsp3) is 0.350. The summed E-state index contributed by atoms with van der Waals surface area (Å²) >= 11 is 0. The number of nitrogens with zero attached hydrogens (tertiary/aromatic N) is 3. The van der Waals surface area contributed by atoms with Gasteiger partial charge in [0.15, 0.2) is 5.82 Å². The highest BCUT2D eigenvalue weighted by Gasteiger charge is 2.33. The summed E-state index contributed by atoms with van der Waals surface area (Å²) in [5.74, 6) is -0.461. The zero-order valence-electron chi connectivity index (χ0n) is 17.1. The zero-order chi connectivity index (χ0) is 22.2. The average molecular weight is 446 g/mol. The summed E-state index contributed by atoms with van der Waals surface area (Å²) in [6, 6.07) is 5.84. The third-order valence-corrected chi connectivity index (χ3v) is 6.98. The van der Waals surface area contributed by atoms with E-state index < -0.39 is 15.9 Å². The minimum absolute atomic E-state index is 0.0276. The number of morpholine rings is 1. The van der Waals surface area contributed by atoms with Crippen LogP contribution in [0.15, 0.2) is 35.4 Å². The molecule has 0 aliphatic carbocycles. The summed E-state index contributed by atoms with van der Waals surface area (Å²) in [4.78, 5) is 31.1. The monoisotopic (exact) mass is 446 g/mol. The van der Waals surface area contributed by atoms with E-state index in [1.54, 1.807) is 12.3 Å². The van der Waals surface area contributed by atoms with Gasteiger partial charge >= 0.3 is 0 Å². The number of ether oxygens (including phenoxy) is 2. The van der Waals surface area contributed by atoms with Crippen LogP contribution in [0.1, 0.15) is 15.9 Å². The van der Waals surface area contributed by atoms with Gasteiger partial charge in [0.25, 0.3) is 5.91 Å². The predicted molar refractivity (Wildman–Crippen MR) is 112 cm³/mol. The Labute approximate surface area is 179 Å². The number of carbonyl (C=O) groups excluding carboxylic acids is 2. The fourth-order valence-corrected chi connectivity index (χ4v) is 4.98. The van der Waals surface area contributed by atoms with Crippen molar-refractivity contribution in [2.75, 3.05) is 50.2 Å². The lowest BCUT2D eigenvalue weighted by Gasteiger charge is -2.29. The van der Waals surface area contributed by atoms with E-state index in [1.165, 1.54) is 34.5 Å². The lowest BCUT2D eigenvalue weighted by molar-refractivity contribution is -0.115. The molecule has 0 atom stereocenters. The van der Waals surface area contributed by atoms with E-state index in [-0.39, 0.29) is 41.7 Å². The fourth-order valence-electron chi connectivity index (χ4n) is 3.54. The first-order chi connectivity index (χ1) is 14.8. The molecule has 0 bridgehead atoms. The van der Waals surface area contributed by atoms with Gasteiger partial charge in [-0.05, 0) is 36.8 Å². The second-order valence-electron chi connectivity index (χ2n) is 7.20. The number of benzene rings is 1. The Hall–Kier alpha value is -3.02. The normalized spacial score (nSPS) is 17.1. The molecule has 164 valence electrons. The zero-order valence-corrected chi connectivity index (χ0v) is 17.9. The Kier molecular flexibility index (Phi) is 5.65. The molecule has 10 nitrogen and oxygen atoms in total. The molecule has 1 fully saturated rings. The lowest BCUT2D eigenvalue weighted by atomic mass is 10.1. The minimum Gasteiger partial charge on any atom is -0.496 e. The highest BCUT2D eigenvalue weighted by atomic mass is 32.2. The Morgan fingerprint density at radius 3 is 2.68 bits per heavy atom. The highest BCUT2D eigenvalue weighted by Crippen LogP contribution is 2.32. The molecule has 1 aromatic heterocycles. The number of fused-ring (bicyclic) bond motifs is 1.